The summed E-state index contributed by atoms with van der Waals surface area (Å²) in [4.78, 5) is 7.69. The summed E-state index contributed by atoms with van der Waals surface area (Å²) >= 11 is 0. The van der Waals surface area contributed by atoms with E-state index in [4.69, 9.17) is 0 Å². The number of rotatable bonds is 5. The molecule has 29 heavy (non-hydrogen) atoms. The monoisotopic (exact) mass is 435 g/mol. The van der Waals surface area contributed by atoms with Gasteiger partial charge in [-0.2, -0.15) is 13.2 Å². The molecule has 0 amide bonds. The van der Waals surface area contributed by atoms with Crippen LogP contribution in [0.5, 0.6) is 0 Å². The molecule has 1 fully saturated rings. The highest BCUT2D eigenvalue weighted by Gasteiger charge is 2.41. The first-order valence-electron chi connectivity index (χ1n) is 9.25. The Hall–Kier alpha value is -1.85. The minimum atomic E-state index is -4.25. The molecule has 1 atom stereocenters. The van der Waals surface area contributed by atoms with Gasteiger partial charge in [0, 0.05) is 53.9 Å². The second-order valence-electron chi connectivity index (χ2n) is 7.04. The van der Waals surface area contributed by atoms with Gasteiger partial charge < -0.3 is 10.2 Å². The van der Waals surface area contributed by atoms with Crippen molar-refractivity contribution in [2.45, 2.75) is 30.6 Å². The van der Waals surface area contributed by atoms with Crippen LogP contribution in [0, 0.1) is 0 Å². The number of nitrogens with zero attached hydrogens (tertiary/aromatic N) is 4. The summed E-state index contributed by atoms with van der Waals surface area (Å²) in [5.74, 6) is 0.529. The molecular formula is C18H28F3N5O2S. The standard InChI is InChI=1S/C18H28F3N5O2S/c1-14(18(19,20)21)25-9-11-26(12-10-25)17(22-2)23-13-15-7-5-6-8-16(15)29(27,28)24(3)4/h5-8,14H,9-13H2,1-4H3,(H,22,23). The maximum atomic E-state index is 12.9. The largest absolute Gasteiger partial charge is 0.403 e. The molecule has 1 aromatic rings. The van der Waals surface area contributed by atoms with E-state index in [1.807, 2.05) is 4.90 Å². The van der Waals surface area contributed by atoms with E-state index in [2.05, 4.69) is 10.3 Å². The van der Waals surface area contributed by atoms with Gasteiger partial charge in [-0.25, -0.2) is 12.7 Å². The van der Waals surface area contributed by atoms with Gasteiger partial charge in [-0.1, -0.05) is 18.2 Å². The van der Waals surface area contributed by atoms with Gasteiger partial charge >= 0.3 is 6.18 Å². The molecule has 2 rings (SSSR count). The Morgan fingerprint density at radius 1 is 1.21 bits per heavy atom. The first-order chi connectivity index (χ1) is 13.5. The Morgan fingerprint density at radius 3 is 2.31 bits per heavy atom. The molecule has 1 aliphatic rings. The number of hydrogen-bond donors (Lipinski definition) is 1. The SMILES string of the molecule is CN=C(NCc1ccccc1S(=O)(=O)N(C)C)N1CCN(C(C)C(F)(F)F)CC1. The van der Waals surface area contributed by atoms with Gasteiger partial charge in [0.25, 0.3) is 0 Å². The van der Waals surface area contributed by atoms with Crippen LogP contribution in [0.25, 0.3) is 0 Å². The van der Waals surface area contributed by atoms with Gasteiger partial charge in [0.15, 0.2) is 5.96 Å². The lowest BCUT2D eigenvalue weighted by molar-refractivity contribution is -0.181. The summed E-state index contributed by atoms with van der Waals surface area (Å²) in [6, 6.07) is 5.20. The van der Waals surface area contributed by atoms with Crippen LogP contribution in [0.1, 0.15) is 12.5 Å². The molecule has 0 aromatic heterocycles. The lowest BCUT2D eigenvalue weighted by Gasteiger charge is -2.39. The molecule has 7 nitrogen and oxygen atoms in total. The minimum Gasteiger partial charge on any atom is -0.352 e. The number of guanidine groups is 1. The molecule has 1 N–H and O–H groups in total. The molecule has 1 unspecified atom stereocenters. The second-order valence-corrected chi connectivity index (χ2v) is 9.16. The maximum absolute atomic E-state index is 12.9. The van der Waals surface area contributed by atoms with Crippen LogP contribution in [0.4, 0.5) is 13.2 Å². The zero-order chi connectivity index (χ0) is 21.8. The number of sulfonamides is 1. The normalized spacial score (nSPS) is 18.2. The van der Waals surface area contributed by atoms with Crippen LogP contribution in [0.15, 0.2) is 34.2 Å². The zero-order valence-electron chi connectivity index (χ0n) is 17.1. The second kappa shape index (κ2) is 9.31. The van der Waals surface area contributed by atoms with Crippen molar-refractivity contribution in [2.24, 2.45) is 4.99 Å². The van der Waals surface area contributed by atoms with Crippen molar-refractivity contribution >= 4 is 16.0 Å². The first-order valence-corrected chi connectivity index (χ1v) is 10.7. The average molecular weight is 436 g/mol. The van der Waals surface area contributed by atoms with Gasteiger partial charge in [0.05, 0.1) is 4.90 Å². The van der Waals surface area contributed by atoms with Gasteiger partial charge in [-0.15, -0.1) is 0 Å². The van der Waals surface area contributed by atoms with E-state index in [1.54, 1.807) is 31.3 Å². The lowest BCUT2D eigenvalue weighted by Crippen LogP contribution is -2.56. The predicted octanol–water partition coefficient (Wildman–Crippen LogP) is 1.58. The van der Waals surface area contributed by atoms with Crippen molar-refractivity contribution in [3.8, 4) is 0 Å². The van der Waals surface area contributed by atoms with Gasteiger partial charge in [0.2, 0.25) is 10.0 Å². The molecule has 0 spiro atoms. The molecule has 164 valence electrons. The fourth-order valence-electron chi connectivity index (χ4n) is 3.13. The van der Waals surface area contributed by atoms with E-state index >= 15 is 0 Å². The predicted molar refractivity (Wildman–Crippen MR) is 106 cm³/mol. The first kappa shape index (κ1) is 23.4. The molecule has 1 aliphatic heterocycles. The number of hydrogen-bond acceptors (Lipinski definition) is 4. The zero-order valence-corrected chi connectivity index (χ0v) is 17.9. The van der Waals surface area contributed by atoms with E-state index in [-0.39, 0.29) is 24.5 Å². The van der Waals surface area contributed by atoms with Crippen molar-refractivity contribution in [3.05, 3.63) is 29.8 Å². The summed E-state index contributed by atoms with van der Waals surface area (Å²) in [5, 5.41) is 3.13. The number of nitrogens with one attached hydrogen (secondary N) is 1. The van der Waals surface area contributed by atoms with Gasteiger partial charge in [0.1, 0.15) is 6.04 Å². The van der Waals surface area contributed by atoms with Crippen LogP contribution in [-0.2, 0) is 16.6 Å². The molecule has 1 heterocycles. The lowest BCUT2D eigenvalue weighted by atomic mass is 10.2. The third kappa shape index (κ3) is 5.61. The van der Waals surface area contributed by atoms with Crippen molar-refractivity contribution in [1.29, 1.82) is 0 Å². The highest BCUT2D eigenvalue weighted by molar-refractivity contribution is 7.89. The number of alkyl halides is 3. The third-order valence-corrected chi connectivity index (χ3v) is 6.93. The van der Waals surface area contributed by atoms with Crippen molar-refractivity contribution in [2.75, 3.05) is 47.3 Å². The average Bonchev–Trinajstić information content (AvgIpc) is 2.67. The third-order valence-electron chi connectivity index (χ3n) is 5.02. The maximum Gasteiger partial charge on any atom is 0.403 e. The van der Waals surface area contributed by atoms with Crippen molar-refractivity contribution in [3.63, 3.8) is 0 Å². The molecule has 0 aliphatic carbocycles. The number of benzene rings is 1. The quantitative estimate of drug-likeness (QED) is 0.562. The Morgan fingerprint density at radius 2 is 1.79 bits per heavy atom. The molecule has 11 heteroatoms. The molecular weight excluding hydrogens is 407 g/mol. The Balaban J connectivity index is 2.03. The molecule has 0 saturated carbocycles. The van der Waals surface area contributed by atoms with Crippen LogP contribution in [0.2, 0.25) is 0 Å². The number of piperazine rings is 1. The van der Waals surface area contributed by atoms with Crippen LogP contribution < -0.4 is 5.32 Å². The summed E-state index contributed by atoms with van der Waals surface area (Å²) in [6.07, 6.45) is -4.25. The van der Waals surface area contributed by atoms with Gasteiger partial charge in [-0.05, 0) is 18.6 Å². The van der Waals surface area contributed by atoms with Crippen molar-refractivity contribution in [1.82, 2.24) is 19.4 Å². The summed E-state index contributed by atoms with van der Waals surface area (Å²) in [5.41, 5.74) is 0.590. The summed E-state index contributed by atoms with van der Waals surface area (Å²) in [7, 11) is 0.946. The molecule has 1 saturated heterocycles. The highest BCUT2D eigenvalue weighted by Crippen LogP contribution is 2.25. The van der Waals surface area contributed by atoms with Crippen LogP contribution >= 0.6 is 0 Å². The number of halogens is 3. The smallest absolute Gasteiger partial charge is 0.352 e. The summed E-state index contributed by atoms with van der Waals surface area (Å²) < 4.78 is 64.9. The molecule has 0 bridgehead atoms. The van der Waals surface area contributed by atoms with Crippen molar-refractivity contribution < 1.29 is 21.6 Å². The van der Waals surface area contributed by atoms with E-state index < -0.39 is 22.2 Å². The highest BCUT2D eigenvalue weighted by atomic mass is 32.2. The summed E-state index contributed by atoms with van der Waals surface area (Å²) in [6.45, 7) is 2.75. The Bertz CT molecular complexity index is 819. The van der Waals surface area contributed by atoms with E-state index in [1.165, 1.54) is 25.9 Å². The van der Waals surface area contributed by atoms with E-state index in [9.17, 15) is 21.6 Å². The van der Waals surface area contributed by atoms with Crippen LogP contribution in [-0.4, -0.2) is 88.0 Å². The van der Waals surface area contributed by atoms with Crippen LogP contribution in [0.3, 0.4) is 0 Å². The van der Waals surface area contributed by atoms with Gasteiger partial charge in [-0.3, -0.25) is 9.89 Å². The topological polar surface area (TPSA) is 68.2 Å². The number of aliphatic imine (C=N–C) groups is 1. The molecule has 0 radical (unpaired) electrons. The molecule has 1 aromatic carbocycles. The fraction of sp³-hybridized carbons (Fsp3) is 0.611. The Kier molecular flexibility index (Phi) is 7.52. The fourth-order valence-corrected chi connectivity index (χ4v) is 4.25. The minimum absolute atomic E-state index is 0.205. The Labute approximate surface area is 170 Å². The van der Waals surface area contributed by atoms with E-state index in [0.29, 0.717) is 24.6 Å². The van der Waals surface area contributed by atoms with E-state index in [0.717, 1.165) is 4.31 Å².